The number of aryl methyl sites for hydroxylation is 2. The molecule has 1 unspecified atom stereocenters. The van der Waals surface area contributed by atoms with E-state index in [0.29, 0.717) is 6.61 Å². The Morgan fingerprint density at radius 3 is 2.41 bits per heavy atom. The summed E-state index contributed by atoms with van der Waals surface area (Å²) in [6.45, 7) is 3.62. The van der Waals surface area contributed by atoms with Gasteiger partial charge in [-0.3, -0.25) is 14.3 Å². The molecule has 1 aromatic carbocycles. The van der Waals surface area contributed by atoms with Crippen molar-refractivity contribution in [3.05, 3.63) is 77.2 Å². The zero-order valence-corrected chi connectivity index (χ0v) is 19.0. The van der Waals surface area contributed by atoms with Crippen molar-refractivity contribution in [2.75, 3.05) is 6.54 Å². The van der Waals surface area contributed by atoms with Crippen LogP contribution in [0.4, 0.5) is 0 Å². The molecule has 0 bridgehead atoms. The Bertz CT molecular complexity index is 1170. The first-order chi connectivity index (χ1) is 15.5. The van der Waals surface area contributed by atoms with Crippen LogP contribution in [0.2, 0.25) is 5.02 Å². The Hall–Kier alpha value is -2.94. The van der Waals surface area contributed by atoms with Crippen LogP contribution in [0.15, 0.2) is 55.2 Å². The summed E-state index contributed by atoms with van der Waals surface area (Å²) in [5, 5.41) is 9.37. The first-order valence-electron chi connectivity index (χ1n) is 10.6. The molecule has 0 radical (unpaired) electrons. The lowest BCUT2D eigenvalue weighted by Crippen LogP contribution is -2.38. The molecule has 1 aliphatic heterocycles. The zero-order valence-electron chi connectivity index (χ0n) is 18.2. The predicted octanol–water partition coefficient (Wildman–Crippen LogP) is 3.27. The number of aromatic nitrogens is 6. The van der Waals surface area contributed by atoms with Gasteiger partial charge in [0.05, 0.1) is 36.9 Å². The monoisotopic (exact) mass is 451 g/mol. The van der Waals surface area contributed by atoms with E-state index >= 15 is 0 Å². The number of hydrogen-bond donors (Lipinski definition) is 0. The van der Waals surface area contributed by atoms with Crippen LogP contribution in [0.5, 0.6) is 0 Å². The van der Waals surface area contributed by atoms with E-state index < -0.39 is 0 Å². The summed E-state index contributed by atoms with van der Waals surface area (Å²) >= 11 is 6.23. The number of rotatable bonds is 7. The number of imidazole rings is 1. The second kappa shape index (κ2) is 8.90. The Balaban J connectivity index is 1.35. The van der Waals surface area contributed by atoms with Gasteiger partial charge in [0.25, 0.3) is 0 Å². The van der Waals surface area contributed by atoms with Gasteiger partial charge in [-0.25, -0.2) is 4.98 Å². The highest BCUT2D eigenvalue weighted by atomic mass is 35.5. The van der Waals surface area contributed by atoms with Gasteiger partial charge >= 0.3 is 0 Å². The van der Waals surface area contributed by atoms with Crippen molar-refractivity contribution in [2.24, 2.45) is 14.1 Å². The van der Waals surface area contributed by atoms with E-state index in [1.165, 1.54) is 11.1 Å². The van der Waals surface area contributed by atoms with Crippen LogP contribution < -0.4 is 0 Å². The molecule has 4 aromatic rings. The van der Waals surface area contributed by atoms with Gasteiger partial charge < -0.3 is 9.30 Å². The zero-order chi connectivity index (χ0) is 22.1. The lowest BCUT2D eigenvalue weighted by molar-refractivity contribution is -0.0206. The van der Waals surface area contributed by atoms with Crippen LogP contribution in [0.25, 0.3) is 11.3 Å². The molecule has 0 spiro atoms. The van der Waals surface area contributed by atoms with E-state index in [1.807, 2.05) is 60.2 Å². The van der Waals surface area contributed by atoms with Crippen molar-refractivity contribution in [1.29, 1.82) is 0 Å². The Kier molecular flexibility index (Phi) is 5.82. The molecular weight excluding hydrogens is 426 g/mol. The maximum Gasteiger partial charge on any atom is 0.135 e. The molecule has 0 N–H and O–H groups in total. The number of ether oxygens (including phenoxy) is 1. The smallest absolute Gasteiger partial charge is 0.135 e. The van der Waals surface area contributed by atoms with Crippen LogP contribution >= 0.6 is 11.6 Å². The summed E-state index contributed by atoms with van der Waals surface area (Å²) in [7, 11) is 3.88. The third-order valence-electron chi connectivity index (χ3n) is 5.68. The molecule has 8 nitrogen and oxygen atoms in total. The summed E-state index contributed by atoms with van der Waals surface area (Å²) in [6.07, 6.45) is 9.91. The van der Waals surface area contributed by atoms with Crippen molar-refractivity contribution in [2.45, 2.75) is 32.3 Å². The molecule has 0 aliphatic carbocycles. The fourth-order valence-corrected chi connectivity index (χ4v) is 4.46. The predicted molar refractivity (Wildman–Crippen MR) is 122 cm³/mol. The molecular formula is C23H26ClN7O. The van der Waals surface area contributed by atoms with Crippen LogP contribution in [-0.4, -0.2) is 46.7 Å². The molecule has 0 amide bonds. The molecule has 4 heterocycles. The van der Waals surface area contributed by atoms with E-state index in [2.05, 4.69) is 43.1 Å². The fraction of sp³-hybridized carbons (Fsp3) is 0.348. The Morgan fingerprint density at radius 1 is 1.06 bits per heavy atom. The minimum absolute atomic E-state index is 0.0444. The minimum Gasteiger partial charge on any atom is -0.367 e. The maximum atomic E-state index is 6.23. The lowest BCUT2D eigenvalue weighted by Gasteiger charge is -2.31. The molecule has 166 valence electrons. The van der Waals surface area contributed by atoms with E-state index in [1.54, 1.807) is 0 Å². The average Bonchev–Trinajstić information content (AvgIpc) is 3.48. The quantitative estimate of drug-likeness (QED) is 0.431. The van der Waals surface area contributed by atoms with Gasteiger partial charge in [-0.05, 0) is 12.1 Å². The molecule has 1 aliphatic rings. The normalized spacial score (nSPS) is 15.9. The lowest BCUT2D eigenvalue weighted by atomic mass is 10.1. The van der Waals surface area contributed by atoms with Gasteiger partial charge in [0.1, 0.15) is 12.4 Å². The van der Waals surface area contributed by atoms with E-state index in [9.17, 15) is 0 Å². The summed E-state index contributed by atoms with van der Waals surface area (Å²) < 4.78 is 12.1. The number of benzene rings is 1. The largest absolute Gasteiger partial charge is 0.367 e. The van der Waals surface area contributed by atoms with E-state index in [0.717, 1.165) is 48.3 Å². The molecule has 32 heavy (non-hydrogen) atoms. The SMILES string of the molecule is Cn1cc(CN(Cc2cnn(C)c2)CC2Cn3c(-c4cccc(Cl)c4)cnc3CO2)cn1. The number of nitrogens with zero attached hydrogens (tertiary/aromatic N) is 7. The topological polar surface area (TPSA) is 65.9 Å². The second-order valence-electron chi connectivity index (χ2n) is 8.33. The van der Waals surface area contributed by atoms with Crippen molar-refractivity contribution in [3.8, 4) is 11.3 Å². The van der Waals surface area contributed by atoms with Crippen LogP contribution in [0.1, 0.15) is 17.0 Å². The van der Waals surface area contributed by atoms with Crippen molar-refractivity contribution < 1.29 is 4.74 Å². The third kappa shape index (κ3) is 4.62. The first-order valence-corrected chi connectivity index (χ1v) is 11.0. The molecule has 0 saturated heterocycles. The number of hydrogen-bond acceptors (Lipinski definition) is 5. The van der Waals surface area contributed by atoms with Crippen LogP contribution in [0, 0.1) is 0 Å². The maximum absolute atomic E-state index is 6.23. The van der Waals surface area contributed by atoms with Crippen molar-refractivity contribution >= 4 is 11.6 Å². The molecule has 0 saturated carbocycles. The van der Waals surface area contributed by atoms with Gasteiger partial charge in [0.2, 0.25) is 0 Å². The van der Waals surface area contributed by atoms with Gasteiger partial charge in [-0.2, -0.15) is 10.2 Å². The Morgan fingerprint density at radius 2 is 1.78 bits per heavy atom. The fourth-order valence-electron chi connectivity index (χ4n) is 4.27. The first kappa shape index (κ1) is 20.9. The van der Waals surface area contributed by atoms with Gasteiger partial charge in [0.15, 0.2) is 0 Å². The van der Waals surface area contributed by atoms with E-state index in [-0.39, 0.29) is 6.10 Å². The Labute approximate surface area is 192 Å². The van der Waals surface area contributed by atoms with E-state index in [4.69, 9.17) is 16.3 Å². The standard InChI is InChI=1S/C23H26ClN7O/c1-28-10-17(7-26-28)12-30(13-18-8-27-29(2)11-18)14-21-15-31-22(9-25-23(31)16-32-21)19-4-3-5-20(24)6-19/h3-11,21H,12-16H2,1-2H3. The summed E-state index contributed by atoms with van der Waals surface area (Å²) in [5.74, 6) is 0.947. The number of fused-ring (bicyclic) bond motifs is 1. The molecule has 1 atom stereocenters. The summed E-state index contributed by atoms with van der Waals surface area (Å²) in [5.41, 5.74) is 4.49. The van der Waals surface area contributed by atoms with Crippen molar-refractivity contribution in [3.63, 3.8) is 0 Å². The molecule has 0 fully saturated rings. The summed E-state index contributed by atoms with van der Waals surface area (Å²) in [4.78, 5) is 6.97. The van der Waals surface area contributed by atoms with Crippen molar-refractivity contribution in [1.82, 2.24) is 34.0 Å². The molecule has 5 rings (SSSR count). The summed E-state index contributed by atoms with van der Waals surface area (Å²) in [6, 6.07) is 7.91. The average molecular weight is 452 g/mol. The highest BCUT2D eigenvalue weighted by Crippen LogP contribution is 2.27. The van der Waals surface area contributed by atoms with Crippen LogP contribution in [0.3, 0.4) is 0 Å². The van der Waals surface area contributed by atoms with Gasteiger partial charge in [-0.1, -0.05) is 23.7 Å². The minimum atomic E-state index is 0.0444. The second-order valence-corrected chi connectivity index (χ2v) is 8.76. The van der Waals surface area contributed by atoms with Gasteiger partial charge in [-0.15, -0.1) is 0 Å². The molecule has 9 heteroatoms. The van der Waals surface area contributed by atoms with Gasteiger partial charge in [0, 0.05) is 67.8 Å². The third-order valence-corrected chi connectivity index (χ3v) is 5.92. The van der Waals surface area contributed by atoms with Crippen LogP contribution in [-0.2, 0) is 45.1 Å². The highest BCUT2D eigenvalue weighted by Gasteiger charge is 2.25. The number of halogens is 1. The molecule has 3 aromatic heterocycles. The highest BCUT2D eigenvalue weighted by molar-refractivity contribution is 6.30.